The Morgan fingerprint density at radius 2 is 2.04 bits per heavy atom. The van der Waals surface area contributed by atoms with Crippen molar-refractivity contribution in [3.05, 3.63) is 59.9 Å². The van der Waals surface area contributed by atoms with E-state index in [-0.39, 0.29) is 11.8 Å². The molecule has 0 bridgehead atoms. The predicted octanol–water partition coefficient (Wildman–Crippen LogP) is 3.17. The van der Waals surface area contributed by atoms with Gasteiger partial charge in [-0.15, -0.1) is 10.2 Å². The Bertz CT molecular complexity index is 905. The minimum absolute atomic E-state index is 0.0116. The van der Waals surface area contributed by atoms with E-state index in [9.17, 15) is 4.79 Å². The first kappa shape index (κ1) is 17.7. The number of benzene rings is 1. The molecule has 3 heterocycles. The normalized spacial score (nSPS) is 17.1. The maximum atomic E-state index is 12.7. The van der Waals surface area contributed by atoms with Gasteiger partial charge in [-0.3, -0.25) is 9.36 Å². The molecule has 1 N–H and O–H groups in total. The van der Waals surface area contributed by atoms with Gasteiger partial charge in [0.2, 0.25) is 16.2 Å². The summed E-state index contributed by atoms with van der Waals surface area (Å²) < 4.78 is 1.96. The number of piperidine rings is 1. The lowest BCUT2D eigenvalue weighted by Crippen LogP contribution is -2.43. The van der Waals surface area contributed by atoms with E-state index >= 15 is 0 Å². The molecule has 0 radical (unpaired) electrons. The molecule has 7 heteroatoms. The van der Waals surface area contributed by atoms with E-state index in [1.165, 1.54) is 5.56 Å². The van der Waals surface area contributed by atoms with Crippen LogP contribution >= 0.6 is 11.3 Å². The van der Waals surface area contributed by atoms with Gasteiger partial charge >= 0.3 is 0 Å². The molecule has 1 saturated heterocycles. The maximum Gasteiger partial charge on any atom is 0.225 e. The number of carbonyl (C=O) groups is 1. The van der Waals surface area contributed by atoms with Gasteiger partial charge in [-0.05, 0) is 37.5 Å². The van der Waals surface area contributed by atoms with Crippen LogP contribution < -0.4 is 10.2 Å². The first-order valence-corrected chi connectivity index (χ1v) is 10.1. The van der Waals surface area contributed by atoms with Gasteiger partial charge < -0.3 is 10.2 Å². The van der Waals surface area contributed by atoms with Gasteiger partial charge in [0.05, 0.1) is 5.92 Å². The fourth-order valence-electron chi connectivity index (χ4n) is 3.42. The van der Waals surface area contributed by atoms with E-state index in [4.69, 9.17) is 0 Å². The maximum absolute atomic E-state index is 12.7. The molecular formula is C20H23N5OS. The van der Waals surface area contributed by atoms with E-state index in [2.05, 4.69) is 39.5 Å². The second-order valence-corrected chi connectivity index (χ2v) is 7.88. The molecule has 0 aliphatic carbocycles. The van der Waals surface area contributed by atoms with Crippen LogP contribution in [0.5, 0.6) is 0 Å². The average Bonchev–Trinajstić information content (AvgIpc) is 3.38. The van der Waals surface area contributed by atoms with Crippen LogP contribution in [0, 0.1) is 12.8 Å². The molecule has 1 amide bonds. The minimum atomic E-state index is -0.0116. The average molecular weight is 382 g/mol. The highest BCUT2D eigenvalue weighted by Crippen LogP contribution is 2.28. The molecule has 27 heavy (non-hydrogen) atoms. The number of nitrogens with zero attached hydrogens (tertiary/aromatic N) is 4. The van der Waals surface area contributed by atoms with Gasteiger partial charge in [-0.25, -0.2) is 0 Å². The SMILES string of the molecule is Cc1cccc(CNC(=O)[C@@H]2CCCN(c3nnc(-n4cccc4)s3)C2)c1. The lowest BCUT2D eigenvalue weighted by molar-refractivity contribution is -0.125. The van der Waals surface area contributed by atoms with Gasteiger partial charge in [-0.1, -0.05) is 41.2 Å². The highest BCUT2D eigenvalue weighted by Gasteiger charge is 2.27. The van der Waals surface area contributed by atoms with Crippen LogP contribution in [-0.4, -0.2) is 33.8 Å². The molecule has 6 nitrogen and oxygen atoms in total. The number of aryl methyl sites for hydroxylation is 1. The second-order valence-electron chi connectivity index (χ2n) is 6.95. The molecular weight excluding hydrogens is 358 g/mol. The number of nitrogens with one attached hydrogen (secondary N) is 1. The number of hydrogen-bond donors (Lipinski definition) is 1. The number of anilines is 1. The van der Waals surface area contributed by atoms with Crippen molar-refractivity contribution >= 4 is 22.4 Å². The fraction of sp³-hybridized carbons (Fsp3) is 0.350. The third kappa shape index (κ3) is 4.19. The molecule has 2 aromatic heterocycles. The summed E-state index contributed by atoms with van der Waals surface area (Å²) in [4.78, 5) is 14.8. The van der Waals surface area contributed by atoms with Crippen molar-refractivity contribution in [3.8, 4) is 5.13 Å². The van der Waals surface area contributed by atoms with E-state index in [0.29, 0.717) is 13.1 Å². The zero-order valence-electron chi connectivity index (χ0n) is 15.3. The van der Waals surface area contributed by atoms with Crippen molar-refractivity contribution in [2.75, 3.05) is 18.0 Å². The summed E-state index contributed by atoms with van der Waals surface area (Å²) >= 11 is 1.56. The largest absolute Gasteiger partial charge is 0.352 e. The quantitative estimate of drug-likeness (QED) is 0.737. The number of amides is 1. The first-order valence-electron chi connectivity index (χ1n) is 9.24. The molecule has 0 spiro atoms. The first-order chi connectivity index (χ1) is 13.2. The van der Waals surface area contributed by atoms with Crippen molar-refractivity contribution in [2.24, 2.45) is 5.92 Å². The van der Waals surface area contributed by atoms with Crippen LogP contribution in [0.25, 0.3) is 5.13 Å². The fourth-order valence-corrected chi connectivity index (χ4v) is 4.27. The van der Waals surface area contributed by atoms with Gasteiger partial charge in [0.1, 0.15) is 0 Å². The zero-order chi connectivity index (χ0) is 18.6. The van der Waals surface area contributed by atoms with Gasteiger partial charge in [0, 0.05) is 32.0 Å². The lowest BCUT2D eigenvalue weighted by Gasteiger charge is -2.31. The van der Waals surface area contributed by atoms with E-state index in [0.717, 1.165) is 35.2 Å². The zero-order valence-corrected chi connectivity index (χ0v) is 16.2. The summed E-state index contributed by atoms with van der Waals surface area (Å²) in [7, 11) is 0. The Labute approximate surface area is 162 Å². The Balaban J connectivity index is 1.37. The predicted molar refractivity (Wildman–Crippen MR) is 107 cm³/mol. The van der Waals surface area contributed by atoms with Crippen molar-refractivity contribution in [3.63, 3.8) is 0 Å². The van der Waals surface area contributed by atoms with E-state index < -0.39 is 0 Å². The Kier molecular flexibility index (Phi) is 5.20. The van der Waals surface area contributed by atoms with Crippen LogP contribution in [0.3, 0.4) is 0 Å². The van der Waals surface area contributed by atoms with Crippen LogP contribution in [0.1, 0.15) is 24.0 Å². The smallest absolute Gasteiger partial charge is 0.225 e. The molecule has 1 aromatic carbocycles. The summed E-state index contributed by atoms with van der Waals surface area (Å²) in [6.45, 7) is 4.25. The Hall–Kier alpha value is -2.67. The van der Waals surface area contributed by atoms with Crippen LogP contribution in [-0.2, 0) is 11.3 Å². The summed E-state index contributed by atoms with van der Waals surface area (Å²) in [6.07, 6.45) is 5.82. The highest BCUT2D eigenvalue weighted by molar-refractivity contribution is 7.17. The summed E-state index contributed by atoms with van der Waals surface area (Å²) in [5, 5.41) is 13.4. The van der Waals surface area contributed by atoms with Crippen molar-refractivity contribution in [1.29, 1.82) is 0 Å². The molecule has 1 aliphatic rings. The number of rotatable bonds is 5. The summed E-state index contributed by atoms with van der Waals surface area (Å²) in [5.74, 6) is 0.110. The Morgan fingerprint density at radius 3 is 2.85 bits per heavy atom. The van der Waals surface area contributed by atoms with Crippen molar-refractivity contribution in [2.45, 2.75) is 26.3 Å². The highest BCUT2D eigenvalue weighted by atomic mass is 32.1. The third-order valence-electron chi connectivity index (χ3n) is 4.84. The topological polar surface area (TPSA) is 63.1 Å². The molecule has 1 atom stereocenters. The van der Waals surface area contributed by atoms with Crippen molar-refractivity contribution in [1.82, 2.24) is 20.1 Å². The monoisotopic (exact) mass is 381 g/mol. The van der Waals surface area contributed by atoms with Gasteiger partial charge in [0.25, 0.3) is 0 Å². The standard InChI is InChI=1S/C20H23N5OS/c1-15-6-4-7-16(12-15)13-21-18(26)17-8-5-11-25(14-17)20-23-22-19(27-20)24-9-2-3-10-24/h2-4,6-7,9-10,12,17H,5,8,11,13-14H2,1H3,(H,21,26)/t17-/m1/s1. The third-order valence-corrected chi connectivity index (χ3v) is 5.84. The lowest BCUT2D eigenvalue weighted by atomic mass is 9.97. The van der Waals surface area contributed by atoms with Gasteiger partial charge in [0.15, 0.2) is 0 Å². The number of carbonyl (C=O) groups excluding carboxylic acids is 1. The molecule has 1 fully saturated rings. The summed E-state index contributed by atoms with van der Waals surface area (Å²) in [6, 6.07) is 12.2. The van der Waals surface area contributed by atoms with E-state index in [1.807, 2.05) is 41.2 Å². The molecule has 3 aromatic rings. The minimum Gasteiger partial charge on any atom is -0.352 e. The molecule has 140 valence electrons. The molecule has 1 aliphatic heterocycles. The number of aromatic nitrogens is 3. The molecule has 4 rings (SSSR count). The van der Waals surface area contributed by atoms with Crippen LogP contribution in [0.15, 0.2) is 48.8 Å². The number of hydrogen-bond acceptors (Lipinski definition) is 5. The van der Waals surface area contributed by atoms with E-state index in [1.54, 1.807) is 11.3 Å². The second kappa shape index (κ2) is 7.92. The van der Waals surface area contributed by atoms with Crippen molar-refractivity contribution < 1.29 is 4.79 Å². The molecule has 0 unspecified atom stereocenters. The Morgan fingerprint density at radius 1 is 1.22 bits per heavy atom. The van der Waals surface area contributed by atoms with Crippen LogP contribution in [0.4, 0.5) is 5.13 Å². The van der Waals surface area contributed by atoms with Gasteiger partial charge in [-0.2, -0.15) is 0 Å². The van der Waals surface area contributed by atoms with Crippen LogP contribution in [0.2, 0.25) is 0 Å². The summed E-state index contributed by atoms with van der Waals surface area (Å²) in [5.41, 5.74) is 2.34. The molecule has 0 saturated carbocycles.